The smallest absolute Gasteiger partial charge is 0.255 e. The Balaban J connectivity index is 1.21. The van der Waals surface area contributed by atoms with Crippen LogP contribution in [0.25, 0.3) is 0 Å². The standard InChI is InChI=1S/C33H31F2N3O3/c1-21-9-10-25(17-31(21)41-2)32(39)36-18-22-5-3-6-24(15-22)33(40)37-27-12-11-23-13-14-38(19-26(23)16-27)20-28-29(34)7-4-8-30(28)35/h3-12,15-17H,13-14,18-20H2,1-2H3,(H,36,39)(H,37,40). The number of benzene rings is 4. The molecule has 4 aromatic rings. The molecular formula is C33H31F2N3O3. The van der Waals surface area contributed by atoms with Crippen LogP contribution in [0.1, 0.15) is 48.5 Å². The molecule has 5 rings (SSSR count). The maximum Gasteiger partial charge on any atom is 0.255 e. The Bertz CT molecular complexity index is 1580. The van der Waals surface area contributed by atoms with Gasteiger partial charge in [0.15, 0.2) is 0 Å². The molecule has 41 heavy (non-hydrogen) atoms. The molecule has 0 atom stereocenters. The number of carbonyl (C=O) groups is 2. The molecule has 1 heterocycles. The van der Waals surface area contributed by atoms with E-state index in [1.54, 1.807) is 37.4 Å². The third-order valence-electron chi connectivity index (χ3n) is 7.31. The number of amides is 2. The van der Waals surface area contributed by atoms with Crippen molar-refractivity contribution in [2.45, 2.75) is 33.0 Å². The Morgan fingerprint density at radius 1 is 0.878 bits per heavy atom. The second kappa shape index (κ2) is 12.3. The van der Waals surface area contributed by atoms with Crippen LogP contribution in [0, 0.1) is 18.6 Å². The molecule has 0 saturated heterocycles. The van der Waals surface area contributed by atoms with Crippen molar-refractivity contribution >= 4 is 17.5 Å². The highest BCUT2D eigenvalue weighted by atomic mass is 19.1. The number of fused-ring (bicyclic) bond motifs is 1. The van der Waals surface area contributed by atoms with E-state index >= 15 is 0 Å². The minimum atomic E-state index is -0.547. The molecule has 6 nitrogen and oxygen atoms in total. The number of carbonyl (C=O) groups excluding carboxylic acids is 2. The highest BCUT2D eigenvalue weighted by Gasteiger charge is 2.20. The van der Waals surface area contributed by atoms with Crippen molar-refractivity contribution in [2.24, 2.45) is 0 Å². The summed E-state index contributed by atoms with van der Waals surface area (Å²) in [5.74, 6) is -0.963. The molecule has 0 unspecified atom stereocenters. The molecule has 0 saturated carbocycles. The maximum atomic E-state index is 14.2. The van der Waals surface area contributed by atoms with Crippen LogP contribution in [-0.4, -0.2) is 30.4 Å². The zero-order valence-electron chi connectivity index (χ0n) is 23.0. The van der Waals surface area contributed by atoms with Gasteiger partial charge in [-0.2, -0.15) is 0 Å². The van der Waals surface area contributed by atoms with Gasteiger partial charge in [-0.05, 0) is 84.1 Å². The summed E-state index contributed by atoms with van der Waals surface area (Å²) in [6, 6.07) is 22.0. The molecule has 0 aliphatic carbocycles. The van der Waals surface area contributed by atoms with Gasteiger partial charge in [-0.3, -0.25) is 14.5 Å². The lowest BCUT2D eigenvalue weighted by molar-refractivity contribution is 0.0950. The van der Waals surface area contributed by atoms with Gasteiger partial charge in [0.25, 0.3) is 11.8 Å². The molecule has 4 aromatic carbocycles. The lowest BCUT2D eigenvalue weighted by atomic mass is 9.98. The highest BCUT2D eigenvalue weighted by molar-refractivity contribution is 6.04. The highest BCUT2D eigenvalue weighted by Crippen LogP contribution is 2.26. The first-order valence-electron chi connectivity index (χ1n) is 13.4. The lowest BCUT2D eigenvalue weighted by Crippen LogP contribution is -2.30. The van der Waals surface area contributed by atoms with Crippen LogP contribution in [-0.2, 0) is 26.1 Å². The van der Waals surface area contributed by atoms with E-state index in [1.165, 1.54) is 18.2 Å². The van der Waals surface area contributed by atoms with E-state index in [-0.39, 0.29) is 30.5 Å². The summed E-state index contributed by atoms with van der Waals surface area (Å²) in [7, 11) is 1.57. The first-order valence-corrected chi connectivity index (χ1v) is 13.4. The molecule has 210 valence electrons. The molecule has 0 radical (unpaired) electrons. The second-order valence-electron chi connectivity index (χ2n) is 10.2. The number of hydrogen-bond donors (Lipinski definition) is 2. The monoisotopic (exact) mass is 555 g/mol. The zero-order valence-corrected chi connectivity index (χ0v) is 23.0. The average molecular weight is 556 g/mol. The van der Waals surface area contributed by atoms with Gasteiger partial charge in [0.2, 0.25) is 0 Å². The van der Waals surface area contributed by atoms with Gasteiger partial charge >= 0.3 is 0 Å². The fourth-order valence-electron chi connectivity index (χ4n) is 5.01. The fraction of sp³-hybridized carbons (Fsp3) is 0.212. The molecule has 8 heteroatoms. The van der Waals surface area contributed by atoms with Gasteiger partial charge in [-0.1, -0.05) is 30.3 Å². The minimum absolute atomic E-state index is 0.0649. The number of anilines is 1. The Hall–Kier alpha value is -4.56. The summed E-state index contributed by atoms with van der Waals surface area (Å²) in [5.41, 5.74) is 5.54. The third kappa shape index (κ3) is 6.61. The Morgan fingerprint density at radius 2 is 1.63 bits per heavy atom. The van der Waals surface area contributed by atoms with Crippen LogP contribution in [0.15, 0.2) is 78.9 Å². The SMILES string of the molecule is COc1cc(C(=O)NCc2cccc(C(=O)Nc3ccc4c(c3)CN(Cc3c(F)cccc3F)CC4)c2)ccc1C. The maximum absolute atomic E-state index is 14.2. The number of nitrogens with zero attached hydrogens (tertiary/aromatic N) is 1. The fourth-order valence-corrected chi connectivity index (χ4v) is 5.01. The number of rotatable bonds is 8. The van der Waals surface area contributed by atoms with E-state index in [2.05, 4.69) is 10.6 Å². The Kier molecular flexibility index (Phi) is 8.40. The largest absolute Gasteiger partial charge is 0.496 e. The normalized spacial score (nSPS) is 12.9. The number of nitrogens with one attached hydrogen (secondary N) is 2. The molecule has 1 aliphatic heterocycles. The van der Waals surface area contributed by atoms with E-state index in [0.29, 0.717) is 35.7 Å². The first kappa shape index (κ1) is 28.0. The van der Waals surface area contributed by atoms with Gasteiger partial charge in [0.05, 0.1) is 7.11 Å². The van der Waals surface area contributed by atoms with Crippen molar-refractivity contribution in [3.63, 3.8) is 0 Å². The van der Waals surface area contributed by atoms with Crippen LogP contribution in [0.5, 0.6) is 5.75 Å². The van der Waals surface area contributed by atoms with Crippen molar-refractivity contribution in [3.8, 4) is 5.75 Å². The minimum Gasteiger partial charge on any atom is -0.496 e. The molecule has 0 aromatic heterocycles. The topological polar surface area (TPSA) is 70.7 Å². The zero-order chi connectivity index (χ0) is 28.9. The predicted molar refractivity (Wildman–Crippen MR) is 154 cm³/mol. The predicted octanol–water partition coefficient (Wildman–Crippen LogP) is 6.02. The van der Waals surface area contributed by atoms with Crippen LogP contribution >= 0.6 is 0 Å². The quantitative estimate of drug-likeness (QED) is 0.279. The van der Waals surface area contributed by atoms with Crippen LogP contribution in [0.4, 0.5) is 14.5 Å². The van der Waals surface area contributed by atoms with E-state index in [1.807, 2.05) is 42.2 Å². The van der Waals surface area contributed by atoms with Crippen LogP contribution in [0.2, 0.25) is 0 Å². The van der Waals surface area contributed by atoms with Crippen LogP contribution < -0.4 is 15.4 Å². The second-order valence-corrected chi connectivity index (χ2v) is 10.2. The number of halogens is 2. The average Bonchev–Trinajstić information content (AvgIpc) is 2.98. The van der Waals surface area contributed by atoms with Gasteiger partial charge in [0, 0.05) is 48.6 Å². The molecule has 2 amide bonds. The van der Waals surface area contributed by atoms with E-state index in [0.717, 1.165) is 28.7 Å². The molecule has 1 aliphatic rings. The van der Waals surface area contributed by atoms with Gasteiger partial charge in [-0.25, -0.2) is 8.78 Å². The summed E-state index contributed by atoms with van der Waals surface area (Å²) in [6.45, 7) is 3.55. The van der Waals surface area contributed by atoms with Crippen molar-refractivity contribution in [3.05, 3.63) is 129 Å². The van der Waals surface area contributed by atoms with Gasteiger partial charge in [-0.15, -0.1) is 0 Å². The summed E-state index contributed by atoms with van der Waals surface area (Å²) >= 11 is 0. The molecular weight excluding hydrogens is 524 g/mol. The first-order chi connectivity index (χ1) is 19.8. The number of ether oxygens (including phenoxy) is 1. The number of aryl methyl sites for hydroxylation is 1. The summed E-state index contributed by atoms with van der Waals surface area (Å²) in [5, 5.41) is 5.83. The van der Waals surface area contributed by atoms with Crippen molar-refractivity contribution in [2.75, 3.05) is 19.0 Å². The van der Waals surface area contributed by atoms with Crippen LogP contribution in [0.3, 0.4) is 0 Å². The van der Waals surface area contributed by atoms with Crippen molar-refractivity contribution in [1.82, 2.24) is 10.2 Å². The van der Waals surface area contributed by atoms with Crippen molar-refractivity contribution < 1.29 is 23.1 Å². The lowest BCUT2D eigenvalue weighted by Gasteiger charge is -2.29. The molecule has 0 bridgehead atoms. The summed E-state index contributed by atoms with van der Waals surface area (Å²) < 4.78 is 33.6. The van der Waals surface area contributed by atoms with Crippen molar-refractivity contribution in [1.29, 1.82) is 0 Å². The third-order valence-corrected chi connectivity index (χ3v) is 7.31. The van der Waals surface area contributed by atoms with Gasteiger partial charge < -0.3 is 15.4 Å². The summed E-state index contributed by atoms with van der Waals surface area (Å²) in [6.07, 6.45) is 0.753. The Morgan fingerprint density at radius 3 is 2.41 bits per heavy atom. The number of hydrogen-bond acceptors (Lipinski definition) is 4. The molecule has 0 fully saturated rings. The Labute approximate surface area is 238 Å². The summed E-state index contributed by atoms with van der Waals surface area (Å²) in [4.78, 5) is 27.7. The van der Waals surface area contributed by atoms with E-state index in [4.69, 9.17) is 4.74 Å². The molecule has 2 N–H and O–H groups in total. The van der Waals surface area contributed by atoms with E-state index < -0.39 is 11.6 Å². The van der Waals surface area contributed by atoms with E-state index in [9.17, 15) is 18.4 Å². The number of methoxy groups -OCH3 is 1. The molecule has 0 spiro atoms. The van der Waals surface area contributed by atoms with Gasteiger partial charge in [0.1, 0.15) is 17.4 Å².